The van der Waals surface area contributed by atoms with Crippen molar-refractivity contribution in [3.05, 3.63) is 34.1 Å². The summed E-state index contributed by atoms with van der Waals surface area (Å²) in [4.78, 5) is 12.1. The van der Waals surface area contributed by atoms with Crippen LogP contribution in [0.5, 0.6) is 0 Å². The first kappa shape index (κ1) is 14.5. The molecule has 0 spiro atoms. The zero-order chi connectivity index (χ0) is 13.9. The molecule has 1 aromatic rings. The van der Waals surface area contributed by atoms with Crippen LogP contribution in [0.15, 0.2) is 22.7 Å². The van der Waals surface area contributed by atoms with Crippen molar-refractivity contribution in [2.24, 2.45) is 5.41 Å². The Morgan fingerprint density at radius 2 is 2.16 bits per heavy atom. The molecule has 0 aliphatic carbocycles. The molecule has 0 bridgehead atoms. The second-order valence-corrected chi connectivity index (χ2v) is 6.08. The third-order valence-electron chi connectivity index (χ3n) is 3.55. The van der Waals surface area contributed by atoms with E-state index in [4.69, 9.17) is 4.74 Å². The highest BCUT2D eigenvalue weighted by Crippen LogP contribution is 2.29. The predicted octanol–water partition coefficient (Wildman–Crippen LogP) is 3.13. The molecule has 1 N–H and O–H groups in total. The van der Waals surface area contributed by atoms with Crippen LogP contribution in [0.1, 0.15) is 30.1 Å². The van der Waals surface area contributed by atoms with Gasteiger partial charge in [0.2, 0.25) is 0 Å². The van der Waals surface area contributed by atoms with Gasteiger partial charge in [0.05, 0.1) is 5.56 Å². The number of amides is 1. The quantitative estimate of drug-likeness (QED) is 0.925. The Kier molecular flexibility index (Phi) is 4.58. The molecule has 2 rings (SSSR count). The number of halogens is 2. The first-order valence-corrected chi connectivity index (χ1v) is 7.10. The first-order valence-electron chi connectivity index (χ1n) is 6.31. The van der Waals surface area contributed by atoms with Gasteiger partial charge < -0.3 is 10.1 Å². The van der Waals surface area contributed by atoms with Crippen LogP contribution >= 0.6 is 15.9 Å². The van der Waals surface area contributed by atoms with Gasteiger partial charge >= 0.3 is 0 Å². The minimum Gasteiger partial charge on any atom is -0.381 e. The number of carbonyl (C=O) groups is 1. The van der Waals surface area contributed by atoms with E-state index in [1.54, 1.807) is 0 Å². The van der Waals surface area contributed by atoms with Crippen LogP contribution in [0, 0.1) is 11.2 Å². The Labute approximate surface area is 120 Å². The van der Waals surface area contributed by atoms with Gasteiger partial charge in [-0.05, 0) is 52.4 Å². The minimum atomic E-state index is -0.361. The lowest BCUT2D eigenvalue weighted by atomic mass is 9.82. The van der Waals surface area contributed by atoms with Gasteiger partial charge in [0, 0.05) is 24.2 Å². The van der Waals surface area contributed by atoms with Gasteiger partial charge in [0.15, 0.2) is 0 Å². The van der Waals surface area contributed by atoms with E-state index in [2.05, 4.69) is 28.2 Å². The summed E-state index contributed by atoms with van der Waals surface area (Å²) < 4.78 is 18.8. The number of carbonyl (C=O) groups excluding carboxylic acids is 1. The van der Waals surface area contributed by atoms with Crippen molar-refractivity contribution < 1.29 is 13.9 Å². The van der Waals surface area contributed by atoms with Crippen molar-refractivity contribution in [2.75, 3.05) is 19.8 Å². The highest BCUT2D eigenvalue weighted by molar-refractivity contribution is 9.10. The monoisotopic (exact) mass is 329 g/mol. The summed E-state index contributed by atoms with van der Waals surface area (Å²) in [5.74, 6) is -0.542. The number of ether oxygens (including phenoxy) is 1. The summed E-state index contributed by atoms with van der Waals surface area (Å²) in [5.41, 5.74) is 0.539. The Morgan fingerprint density at radius 1 is 1.47 bits per heavy atom. The molecule has 0 aromatic heterocycles. The Balaban J connectivity index is 1.97. The zero-order valence-corrected chi connectivity index (χ0v) is 12.4. The third kappa shape index (κ3) is 3.76. The molecule has 5 heteroatoms. The maximum absolute atomic E-state index is 13.0. The molecule has 0 atom stereocenters. The zero-order valence-electron chi connectivity index (χ0n) is 10.8. The Hall–Kier alpha value is -0.940. The van der Waals surface area contributed by atoms with Crippen LogP contribution < -0.4 is 5.32 Å². The summed E-state index contributed by atoms with van der Waals surface area (Å²) in [7, 11) is 0. The SMILES string of the molecule is CC1(CNC(=O)c2ccc(F)cc2Br)CCOCC1. The second kappa shape index (κ2) is 6.01. The summed E-state index contributed by atoms with van der Waals surface area (Å²) in [6, 6.07) is 4.07. The highest BCUT2D eigenvalue weighted by atomic mass is 79.9. The van der Waals surface area contributed by atoms with E-state index >= 15 is 0 Å². The fraction of sp³-hybridized carbons (Fsp3) is 0.500. The molecular formula is C14H17BrFNO2. The summed E-state index contributed by atoms with van der Waals surface area (Å²) in [6.07, 6.45) is 1.88. The van der Waals surface area contributed by atoms with Gasteiger partial charge in [0.25, 0.3) is 5.91 Å². The minimum absolute atomic E-state index is 0.0837. The van der Waals surface area contributed by atoms with Crippen LogP contribution in [0.3, 0.4) is 0 Å². The van der Waals surface area contributed by atoms with Crippen LogP contribution in [0.4, 0.5) is 4.39 Å². The Bertz CT molecular complexity index is 473. The molecule has 1 aromatic carbocycles. The van der Waals surface area contributed by atoms with E-state index in [0.717, 1.165) is 26.1 Å². The molecule has 1 heterocycles. The fourth-order valence-corrected chi connectivity index (χ4v) is 2.63. The normalized spacial score (nSPS) is 18.1. The van der Waals surface area contributed by atoms with Crippen molar-refractivity contribution in [3.8, 4) is 0 Å². The molecular weight excluding hydrogens is 313 g/mol. The van der Waals surface area contributed by atoms with E-state index in [1.807, 2.05) is 0 Å². The number of hydrogen-bond acceptors (Lipinski definition) is 2. The molecule has 19 heavy (non-hydrogen) atoms. The van der Waals surface area contributed by atoms with E-state index in [-0.39, 0.29) is 17.1 Å². The molecule has 1 fully saturated rings. The smallest absolute Gasteiger partial charge is 0.252 e. The van der Waals surface area contributed by atoms with Gasteiger partial charge in [-0.15, -0.1) is 0 Å². The van der Waals surface area contributed by atoms with Crippen molar-refractivity contribution in [1.82, 2.24) is 5.32 Å². The van der Waals surface area contributed by atoms with Gasteiger partial charge in [0.1, 0.15) is 5.82 Å². The van der Waals surface area contributed by atoms with E-state index in [1.165, 1.54) is 18.2 Å². The maximum Gasteiger partial charge on any atom is 0.252 e. The van der Waals surface area contributed by atoms with Crippen LogP contribution in [-0.4, -0.2) is 25.7 Å². The third-order valence-corrected chi connectivity index (χ3v) is 4.21. The Morgan fingerprint density at radius 3 is 2.79 bits per heavy atom. The standard InChI is InChI=1S/C14H17BrFNO2/c1-14(4-6-19-7-5-14)9-17-13(18)11-3-2-10(16)8-12(11)15/h2-3,8H,4-7,9H2,1H3,(H,17,18). The number of nitrogens with one attached hydrogen (secondary N) is 1. The molecule has 104 valence electrons. The molecule has 0 saturated carbocycles. The van der Waals surface area contributed by atoms with Gasteiger partial charge in [-0.2, -0.15) is 0 Å². The summed E-state index contributed by atoms with van der Waals surface area (Å²) in [5, 5.41) is 2.92. The van der Waals surface area contributed by atoms with Crippen molar-refractivity contribution >= 4 is 21.8 Å². The average Bonchev–Trinajstić information content (AvgIpc) is 2.37. The lowest BCUT2D eigenvalue weighted by molar-refractivity contribution is 0.0238. The van der Waals surface area contributed by atoms with Crippen LogP contribution in [0.2, 0.25) is 0 Å². The first-order chi connectivity index (χ1) is 9.00. The van der Waals surface area contributed by atoms with Crippen LogP contribution in [-0.2, 0) is 4.74 Å². The second-order valence-electron chi connectivity index (χ2n) is 5.23. The largest absolute Gasteiger partial charge is 0.381 e. The molecule has 0 radical (unpaired) electrons. The molecule has 1 aliphatic heterocycles. The fourth-order valence-electron chi connectivity index (χ4n) is 2.10. The summed E-state index contributed by atoms with van der Waals surface area (Å²) in [6.45, 7) is 4.24. The number of rotatable bonds is 3. The van der Waals surface area contributed by atoms with Crippen LogP contribution in [0.25, 0.3) is 0 Å². The molecule has 0 unspecified atom stereocenters. The molecule has 1 aliphatic rings. The maximum atomic E-state index is 13.0. The highest BCUT2D eigenvalue weighted by Gasteiger charge is 2.28. The topological polar surface area (TPSA) is 38.3 Å². The van der Waals surface area contributed by atoms with Gasteiger partial charge in [-0.3, -0.25) is 4.79 Å². The molecule has 1 saturated heterocycles. The van der Waals surface area contributed by atoms with E-state index in [9.17, 15) is 9.18 Å². The van der Waals surface area contributed by atoms with Gasteiger partial charge in [-0.1, -0.05) is 6.92 Å². The number of benzene rings is 1. The number of hydrogen-bond donors (Lipinski definition) is 1. The van der Waals surface area contributed by atoms with Gasteiger partial charge in [-0.25, -0.2) is 4.39 Å². The average molecular weight is 330 g/mol. The van der Waals surface area contributed by atoms with E-state index in [0.29, 0.717) is 16.6 Å². The lowest BCUT2D eigenvalue weighted by Gasteiger charge is -2.33. The predicted molar refractivity (Wildman–Crippen MR) is 74.6 cm³/mol. The lowest BCUT2D eigenvalue weighted by Crippen LogP contribution is -2.39. The molecule has 3 nitrogen and oxygen atoms in total. The summed E-state index contributed by atoms with van der Waals surface area (Å²) >= 11 is 3.21. The van der Waals surface area contributed by atoms with Crippen molar-refractivity contribution in [1.29, 1.82) is 0 Å². The van der Waals surface area contributed by atoms with E-state index < -0.39 is 0 Å². The van der Waals surface area contributed by atoms with Crippen molar-refractivity contribution in [2.45, 2.75) is 19.8 Å². The molecule has 1 amide bonds. The van der Waals surface area contributed by atoms with Crippen molar-refractivity contribution in [3.63, 3.8) is 0 Å².